The summed E-state index contributed by atoms with van der Waals surface area (Å²) in [4.78, 5) is 21.4. The lowest BCUT2D eigenvalue weighted by atomic mass is 10.1. The number of benzene rings is 1. The topological polar surface area (TPSA) is 89.7 Å². The quantitative estimate of drug-likeness (QED) is 0.284. The molecule has 0 aliphatic heterocycles. The Hall–Kier alpha value is -2.37. The van der Waals surface area contributed by atoms with Gasteiger partial charge in [-0.05, 0) is 12.5 Å². The lowest BCUT2D eigenvalue weighted by Crippen LogP contribution is -2.07. The van der Waals surface area contributed by atoms with Crippen LogP contribution < -0.4 is 0 Å². The molecule has 0 spiro atoms. The minimum absolute atomic E-state index is 0.115. The number of carbonyl (C=O) groups excluding carboxylic acids is 1. The molecular formula is C11H11NO5. The second-order valence-corrected chi connectivity index (χ2v) is 3.07. The molecule has 1 rings (SSSR count). The Bertz CT molecular complexity index is 467. The number of ether oxygens (including phenoxy) is 1. The van der Waals surface area contributed by atoms with Crippen molar-refractivity contribution in [2.45, 2.75) is 6.92 Å². The third kappa shape index (κ3) is 3.04. The number of hydrogen-bond donors (Lipinski definition) is 1. The number of nitro benzene ring substituents is 1. The van der Waals surface area contributed by atoms with Crippen molar-refractivity contribution in [3.8, 4) is 0 Å². The zero-order chi connectivity index (χ0) is 12.8. The molecular weight excluding hydrogens is 226 g/mol. The molecule has 0 aliphatic carbocycles. The number of aliphatic hydroxyl groups is 1. The number of esters is 1. The van der Waals surface area contributed by atoms with Crippen molar-refractivity contribution >= 4 is 17.2 Å². The molecule has 0 unspecified atom stereocenters. The van der Waals surface area contributed by atoms with Crippen molar-refractivity contribution in [1.29, 1.82) is 0 Å². The molecule has 0 bridgehead atoms. The fourth-order valence-electron chi connectivity index (χ4n) is 1.24. The van der Waals surface area contributed by atoms with Crippen LogP contribution in [0.3, 0.4) is 0 Å². The summed E-state index contributed by atoms with van der Waals surface area (Å²) >= 11 is 0. The summed E-state index contributed by atoms with van der Waals surface area (Å²) in [5, 5.41) is 19.5. The van der Waals surface area contributed by atoms with Gasteiger partial charge >= 0.3 is 5.97 Å². The number of rotatable bonds is 4. The van der Waals surface area contributed by atoms with E-state index in [4.69, 9.17) is 9.84 Å². The SMILES string of the molecule is CCOC(=O)/C(=C/O)c1cccc([N+](=O)[O-])c1. The molecule has 0 saturated carbocycles. The van der Waals surface area contributed by atoms with E-state index < -0.39 is 10.9 Å². The van der Waals surface area contributed by atoms with Gasteiger partial charge in [-0.1, -0.05) is 12.1 Å². The van der Waals surface area contributed by atoms with Crippen molar-refractivity contribution < 1.29 is 19.6 Å². The van der Waals surface area contributed by atoms with Crippen molar-refractivity contribution in [2.24, 2.45) is 0 Å². The average molecular weight is 237 g/mol. The molecule has 0 aliphatic rings. The predicted molar refractivity (Wildman–Crippen MR) is 60.3 cm³/mol. The first-order valence-electron chi connectivity index (χ1n) is 4.86. The van der Waals surface area contributed by atoms with Crippen LogP contribution in [0.5, 0.6) is 0 Å². The van der Waals surface area contributed by atoms with E-state index in [0.29, 0.717) is 6.26 Å². The summed E-state index contributed by atoms with van der Waals surface area (Å²) in [6.45, 7) is 1.78. The molecule has 6 nitrogen and oxygen atoms in total. The number of non-ortho nitro benzene ring substituents is 1. The molecule has 1 N–H and O–H groups in total. The van der Waals surface area contributed by atoms with Gasteiger partial charge in [-0.2, -0.15) is 0 Å². The molecule has 1 aromatic carbocycles. The Kier molecular flexibility index (Phi) is 4.21. The molecule has 6 heteroatoms. The Morgan fingerprint density at radius 1 is 1.59 bits per heavy atom. The summed E-state index contributed by atoms with van der Waals surface area (Å²) in [6.07, 6.45) is 0.580. The van der Waals surface area contributed by atoms with Crippen molar-refractivity contribution in [1.82, 2.24) is 0 Å². The second-order valence-electron chi connectivity index (χ2n) is 3.07. The molecule has 0 amide bonds. The van der Waals surface area contributed by atoms with Crippen molar-refractivity contribution in [3.63, 3.8) is 0 Å². The smallest absolute Gasteiger partial charge is 0.341 e. The molecule has 0 aromatic heterocycles. The van der Waals surface area contributed by atoms with Gasteiger partial charge < -0.3 is 9.84 Å². The molecule has 0 saturated heterocycles. The highest BCUT2D eigenvalue weighted by atomic mass is 16.6. The Morgan fingerprint density at radius 3 is 2.82 bits per heavy atom. The van der Waals surface area contributed by atoms with E-state index in [1.165, 1.54) is 24.3 Å². The van der Waals surface area contributed by atoms with Gasteiger partial charge in [0.1, 0.15) is 5.57 Å². The van der Waals surface area contributed by atoms with Crippen LogP contribution in [0.25, 0.3) is 5.57 Å². The standard InChI is InChI=1S/C11H11NO5/c1-2-17-11(14)10(7-13)8-4-3-5-9(6-8)12(15)16/h3-7,13H,2H2,1H3/b10-7+. The van der Waals surface area contributed by atoms with Gasteiger partial charge in [0.05, 0.1) is 17.8 Å². The third-order valence-corrected chi connectivity index (χ3v) is 1.99. The minimum atomic E-state index is -0.726. The van der Waals surface area contributed by atoms with E-state index in [0.717, 1.165) is 0 Å². The first kappa shape index (κ1) is 12.7. The minimum Gasteiger partial charge on any atom is -0.515 e. The zero-order valence-corrected chi connectivity index (χ0v) is 9.12. The van der Waals surface area contributed by atoms with E-state index in [9.17, 15) is 14.9 Å². The highest BCUT2D eigenvalue weighted by Crippen LogP contribution is 2.20. The molecule has 0 radical (unpaired) electrons. The number of nitro groups is 1. The lowest BCUT2D eigenvalue weighted by molar-refractivity contribution is -0.384. The van der Waals surface area contributed by atoms with Gasteiger partial charge in [-0.3, -0.25) is 10.1 Å². The van der Waals surface area contributed by atoms with Crippen LogP contribution in [0.4, 0.5) is 5.69 Å². The largest absolute Gasteiger partial charge is 0.515 e. The van der Waals surface area contributed by atoms with Gasteiger partial charge in [0.2, 0.25) is 0 Å². The van der Waals surface area contributed by atoms with E-state index in [2.05, 4.69) is 0 Å². The molecule has 0 atom stereocenters. The number of hydrogen-bond acceptors (Lipinski definition) is 5. The number of carbonyl (C=O) groups is 1. The Labute approximate surface area is 97.3 Å². The maximum absolute atomic E-state index is 11.4. The average Bonchev–Trinajstić information content (AvgIpc) is 2.30. The first-order valence-corrected chi connectivity index (χ1v) is 4.86. The summed E-state index contributed by atoms with van der Waals surface area (Å²) < 4.78 is 4.71. The van der Waals surface area contributed by atoms with Gasteiger partial charge in [0.25, 0.3) is 5.69 Å². The van der Waals surface area contributed by atoms with Gasteiger partial charge in [0.15, 0.2) is 0 Å². The normalized spacial score (nSPS) is 11.0. The van der Waals surface area contributed by atoms with E-state index >= 15 is 0 Å². The van der Waals surface area contributed by atoms with Crippen LogP contribution in [0.2, 0.25) is 0 Å². The van der Waals surface area contributed by atoms with Crippen LogP contribution in [0.15, 0.2) is 30.5 Å². The number of nitrogens with zero attached hydrogens (tertiary/aromatic N) is 1. The molecule has 90 valence electrons. The molecule has 17 heavy (non-hydrogen) atoms. The van der Waals surface area contributed by atoms with Crippen LogP contribution in [-0.4, -0.2) is 22.6 Å². The van der Waals surface area contributed by atoms with Gasteiger partial charge in [-0.25, -0.2) is 4.79 Å². The fourth-order valence-corrected chi connectivity index (χ4v) is 1.24. The Balaban J connectivity index is 3.09. The van der Waals surface area contributed by atoms with Crippen LogP contribution in [0, 0.1) is 10.1 Å². The Morgan fingerprint density at radius 2 is 2.29 bits per heavy atom. The monoisotopic (exact) mass is 237 g/mol. The summed E-state index contributed by atoms with van der Waals surface area (Å²) in [5.41, 5.74) is -0.0400. The van der Waals surface area contributed by atoms with Crippen LogP contribution >= 0.6 is 0 Å². The van der Waals surface area contributed by atoms with Crippen LogP contribution in [-0.2, 0) is 9.53 Å². The number of aliphatic hydroxyl groups excluding tert-OH is 1. The van der Waals surface area contributed by atoms with Crippen molar-refractivity contribution in [3.05, 3.63) is 46.2 Å². The van der Waals surface area contributed by atoms with E-state index in [1.54, 1.807) is 6.92 Å². The summed E-state index contributed by atoms with van der Waals surface area (Å²) in [5.74, 6) is -0.726. The lowest BCUT2D eigenvalue weighted by Gasteiger charge is -2.05. The van der Waals surface area contributed by atoms with Crippen LogP contribution in [0.1, 0.15) is 12.5 Å². The zero-order valence-electron chi connectivity index (χ0n) is 9.12. The molecule has 1 aromatic rings. The maximum atomic E-state index is 11.4. The highest BCUT2D eigenvalue weighted by Gasteiger charge is 2.16. The summed E-state index contributed by atoms with van der Waals surface area (Å²) in [7, 11) is 0. The van der Waals surface area contributed by atoms with Gasteiger partial charge in [-0.15, -0.1) is 0 Å². The van der Waals surface area contributed by atoms with E-state index in [-0.39, 0.29) is 23.4 Å². The second kappa shape index (κ2) is 5.64. The first-order chi connectivity index (χ1) is 8.10. The van der Waals surface area contributed by atoms with Crippen molar-refractivity contribution in [2.75, 3.05) is 6.61 Å². The fraction of sp³-hybridized carbons (Fsp3) is 0.182. The maximum Gasteiger partial charge on any atom is 0.341 e. The predicted octanol–water partition coefficient (Wildman–Crippen LogP) is 2.06. The molecule has 0 fully saturated rings. The molecule has 0 heterocycles. The van der Waals surface area contributed by atoms with Gasteiger partial charge in [0, 0.05) is 12.1 Å². The third-order valence-electron chi connectivity index (χ3n) is 1.99. The highest BCUT2D eigenvalue weighted by molar-refractivity contribution is 6.16. The summed E-state index contributed by atoms with van der Waals surface area (Å²) in [6, 6.07) is 5.39. The van der Waals surface area contributed by atoms with E-state index in [1.807, 2.05) is 0 Å².